The van der Waals surface area contributed by atoms with Crippen molar-refractivity contribution in [3.05, 3.63) is 119 Å². The molecule has 0 saturated carbocycles. The molecule has 0 spiro atoms. The van der Waals surface area contributed by atoms with Crippen molar-refractivity contribution in [1.82, 2.24) is 29.6 Å². The number of rotatable bonds is 17. The van der Waals surface area contributed by atoms with E-state index in [0.717, 1.165) is 66.6 Å². The van der Waals surface area contributed by atoms with Crippen molar-refractivity contribution in [3.63, 3.8) is 0 Å². The number of ether oxygens (including phenoxy) is 2. The first-order valence-electron chi connectivity index (χ1n) is 24.7. The minimum absolute atomic E-state index is 0. The molecule has 0 aliphatic carbocycles. The molecule has 1 unspecified atom stereocenters. The Morgan fingerprint density at radius 3 is 1.87 bits per heavy atom. The number of fused-ring (bicyclic) bond motifs is 2. The Labute approximate surface area is 463 Å². The fraction of sp³-hybridized carbons (Fsp3) is 0.407. The predicted octanol–water partition coefficient (Wildman–Crippen LogP) is 0.845. The standard InChI is InChI=1S/C54H60N12O7.2Li/c1-5-6-7-18-55-58-32-43-25-39(30-50(60-43)62-52(69)46-27-41-34-65(23-16-38(41)29-48(46)73-4)54(71)66-24-17-44(67)35-66)36(2)12-11-19-56-57-31-42-13-10-14-49(59-42)61-51(68)45-26-40-33-64(53(70)63-20-8-9-21-63)22-15-37(40)28-47(45)72-3;;/h10,13-14,25-30,36,44,67H,1-2,5-9,11-12,15-17,20-24,33-35H2,3-4H3,(H,59,61,68)(H,60,62,69);;/q-6;2*+1/t36?,44-;;/m1../s1. The van der Waals surface area contributed by atoms with E-state index >= 15 is 0 Å². The summed E-state index contributed by atoms with van der Waals surface area (Å²) in [6, 6.07) is 15.7. The van der Waals surface area contributed by atoms with Crippen LogP contribution in [0.25, 0.3) is 0 Å². The Balaban J connectivity index is 0.00000457. The third kappa shape index (κ3) is 15.2. The second-order valence-electron chi connectivity index (χ2n) is 18.3. The van der Waals surface area contributed by atoms with Gasteiger partial charge in [0.25, 0.3) is 11.8 Å². The second kappa shape index (κ2) is 28.0. The van der Waals surface area contributed by atoms with Crippen molar-refractivity contribution in [2.75, 3.05) is 64.1 Å². The number of carbonyl (C=O) groups is 4. The quantitative estimate of drug-likeness (QED) is 0.0449. The Morgan fingerprint density at radius 1 is 0.707 bits per heavy atom. The molecule has 4 aliphatic rings. The maximum absolute atomic E-state index is 14.0. The minimum Gasteiger partial charge on any atom is -0.496 e. The summed E-state index contributed by atoms with van der Waals surface area (Å²) in [6.45, 7) is 12.4. The minimum atomic E-state index is -0.520. The molecular weight excluding hydrogens is 943 g/mol. The number of aromatic nitrogens is 2. The number of nitrogens with one attached hydrogen (secondary N) is 2. The van der Waals surface area contributed by atoms with Gasteiger partial charge in [-0.1, -0.05) is 23.8 Å². The van der Waals surface area contributed by atoms with E-state index in [9.17, 15) is 24.3 Å². The maximum Gasteiger partial charge on any atom is 1.00 e. The van der Waals surface area contributed by atoms with Crippen LogP contribution >= 0.6 is 0 Å². The Morgan fingerprint density at radius 2 is 1.28 bits per heavy atom. The first-order chi connectivity index (χ1) is 35.5. The van der Waals surface area contributed by atoms with Crippen molar-refractivity contribution in [1.29, 1.82) is 0 Å². The third-order valence-electron chi connectivity index (χ3n) is 13.2. The molecule has 2 atom stereocenters. The van der Waals surface area contributed by atoms with Gasteiger partial charge in [0.05, 0.1) is 31.5 Å². The topological polar surface area (TPSA) is 219 Å². The van der Waals surface area contributed by atoms with Gasteiger partial charge in [-0.3, -0.25) is 19.6 Å². The number of aliphatic hydroxyl groups is 1. The van der Waals surface area contributed by atoms with Crippen LogP contribution in [0.1, 0.15) is 117 Å². The van der Waals surface area contributed by atoms with E-state index in [0.29, 0.717) is 106 Å². The number of β-amino-alcohol motifs (C(OH)–C–C–N with tert-alkyl or cyclic N) is 1. The van der Waals surface area contributed by atoms with Crippen molar-refractivity contribution in [3.8, 4) is 11.5 Å². The number of pyridine rings is 2. The molecule has 6 heterocycles. The predicted molar refractivity (Wildman–Crippen MR) is 277 cm³/mol. The van der Waals surface area contributed by atoms with E-state index in [-0.39, 0.29) is 72.9 Å². The summed E-state index contributed by atoms with van der Waals surface area (Å²) < 4.78 is 11.3. The van der Waals surface area contributed by atoms with Crippen LogP contribution in [0, 0.1) is 13.8 Å². The number of unbranched alkanes of at least 4 members (excludes halogenated alkanes) is 2. The third-order valence-corrected chi connectivity index (χ3v) is 13.2. The molecule has 2 aromatic heterocycles. The molecule has 6 amide bonds. The Bertz CT molecular complexity index is 2790. The number of aliphatic hydroxyl groups excluding tert-OH is 1. The van der Waals surface area contributed by atoms with E-state index in [4.69, 9.17) is 9.47 Å². The molecule has 0 radical (unpaired) electrons. The molecule has 21 heteroatoms. The number of anilines is 2. The van der Waals surface area contributed by atoms with Crippen LogP contribution in [0.4, 0.5) is 21.2 Å². The van der Waals surface area contributed by atoms with Crippen LogP contribution in [0.5, 0.6) is 11.5 Å². The summed E-state index contributed by atoms with van der Waals surface area (Å²) in [5, 5.41) is 31.8. The molecule has 3 N–H and O–H groups in total. The average Bonchev–Trinajstić information content (AvgIpc) is 4.12. The first kappa shape index (κ1) is 57.9. The molecule has 4 aromatic rings. The van der Waals surface area contributed by atoms with Crippen LogP contribution in [-0.2, 0) is 25.9 Å². The number of hydrogen-bond acceptors (Lipinski definition) is 13. The molecular formula is C54H60Li2N12O7-4. The van der Waals surface area contributed by atoms with Crippen molar-refractivity contribution >= 4 is 60.4 Å². The van der Waals surface area contributed by atoms with Crippen molar-refractivity contribution in [2.45, 2.75) is 89.3 Å². The molecule has 0 bridgehead atoms. The number of hydrogen-bond donors (Lipinski definition) is 3. The monoisotopic (exact) mass is 1000 g/mol. The normalized spacial score (nSPS) is 16.7. The van der Waals surface area contributed by atoms with E-state index in [1.807, 2.05) is 21.9 Å². The number of nitrogens with zero attached hydrogens (tertiary/aromatic N) is 10. The zero-order chi connectivity index (χ0) is 51.3. The van der Waals surface area contributed by atoms with Gasteiger partial charge in [0.15, 0.2) is 0 Å². The number of amides is 6. The van der Waals surface area contributed by atoms with Gasteiger partial charge < -0.3 is 91.5 Å². The zero-order valence-electron chi connectivity index (χ0n) is 43.4. The van der Waals surface area contributed by atoms with Gasteiger partial charge in [0.1, 0.15) is 23.1 Å². The van der Waals surface area contributed by atoms with Gasteiger partial charge in [0.2, 0.25) is 0 Å². The van der Waals surface area contributed by atoms with Gasteiger partial charge in [-0.2, -0.15) is 42.9 Å². The summed E-state index contributed by atoms with van der Waals surface area (Å²) in [5.74, 6) is 0.133. The van der Waals surface area contributed by atoms with Crippen molar-refractivity contribution in [2.24, 2.45) is 20.4 Å². The first-order valence-corrected chi connectivity index (χ1v) is 24.7. The Kier molecular flexibility index (Phi) is 21.6. The Hall–Kier alpha value is -6.35. The van der Waals surface area contributed by atoms with E-state index in [1.165, 1.54) is 14.2 Å². The van der Waals surface area contributed by atoms with Gasteiger partial charge in [0, 0.05) is 52.4 Å². The fourth-order valence-electron chi connectivity index (χ4n) is 9.19. The smallest absolute Gasteiger partial charge is 0.496 e. The molecule has 4 aliphatic heterocycles. The molecule has 19 nitrogen and oxygen atoms in total. The molecule has 2 fully saturated rings. The van der Waals surface area contributed by atoms with Crippen molar-refractivity contribution < 1.29 is 71.5 Å². The van der Waals surface area contributed by atoms with E-state index < -0.39 is 17.9 Å². The zero-order valence-corrected chi connectivity index (χ0v) is 43.4. The van der Waals surface area contributed by atoms with Gasteiger partial charge in [-0.15, -0.1) is 18.9 Å². The van der Waals surface area contributed by atoms with Crippen LogP contribution in [0.3, 0.4) is 0 Å². The second-order valence-corrected chi connectivity index (χ2v) is 18.3. The summed E-state index contributed by atoms with van der Waals surface area (Å²) in [4.78, 5) is 70.2. The molecule has 8 rings (SSSR count). The summed E-state index contributed by atoms with van der Waals surface area (Å²) >= 11 is 0. The average molecular weight is 1000 g/mol. The van der Waals surface area contributed by atoms with E-state index in [2.05, 4.69) is 79.7 Å². The molecule has 75 heavy (non-hydrogen) atoms. The van der Waals surface area contributed by atoms with Crippen LogP contribution in [-0.4, -0.2) is 143 Å². The summed E-state index contributed by atoms with van der Waals surface area (Å²) in [5.41, 5.74) is 5.74. The molecule has 2 saturated heterocycles. The largest absolute Gasteiger partial charge is 1.00 e. The number of methoxy groups -OCH3 is 2. The van der Waals surface area contributed by atoms with Gasteiger partial charge in [-0.05, 0) is 90.8 Å². The number of likely N-dealkylation sites (tertiary alicyclic amines) is 2. The SMILES string of the molecule is [CH2-]CCC[C-]=NN=[C-]c1cc(C([CH2-])CC[C-]=NN=[C-]c2cccc(NC(=O)c3cc4c(cc3OC)CCN(C(=O)N3CCCC3)C4)n2)cc(NC(=O)c2cc3c(cc2OC)CCN(C(=O)N2CC[C@@H](O)C2)C3)n1.[Li+].[Li+]. The summed E-state index contributed by atoms with van der Waals surface area (Å²) in [6.07, 6.45) is 17.7. The van der Waals surface area contributed by atoms with Crippen LogP contribution in [0.15, 0.2) is 75.0 Å². The van der Waals surface area contributed by atoms with Crippen LogP contribution in [0.2, 0.25) is 0 Å². The fourth-order valence-corrected chi connectivity index (χ4v) is 9.19. The summed E-state index contributed by atoms with van der Waals surface area (Å²) in [7, 11) is 3.03. The molecule has 384 valence electrons. The molecule has 2 aromatic carbocycles. The number of benzene rings is 2. The maximum atomic E-state index is 14.0. The number of carbonyl (C=O) groups excluding carboxylic acids is 4. The van der Waals surface area contributed by atoms with Gasteiger partial charge in [-0.25, -0.2) is 9.59 Å². The number of urea groups is 2. The van der Waals surface area contributed by atoms with Crippen LogP contribution < -0.4 is 57.8 Å². The van der Waals surface area contributed by atoms with Gasteiger partial charge >= 0.3 is 49.8 Å². The van der Waals surface area contributed by atoms with E-state index in [1.54, 1.807) is 52.3 Å².